The van der Waals surface area contributed by atoms with Gasteiger partial charge in [-0.1, -0.05) is 5.92 Å². The minimum Gasteiger partial charge on any atom is -0.355 e. The number of amides is 1. The predicted octanol–water partition coefficient (Wildman–Crippen LogP) is 0.931. The Kier molecular flexibility index (Phi) is 7.40. The second-order valence-electron chi connectivity index (χ2n) is 3.71. The lowest BCUT2D eigenvalue weighted by Gasteiger charge is -1.99. The highest BCUT2D eigenvalue weighted by Crippen LogP contribution is 1.97. The molecular weight excluding hydrogens is 214 g/mol. The van der Waals surface area contributed by atoms with Gasteiger partial charge in [-0.2, -0.15) is 0 Å². The molecule has 0 radical (unpaired) electrons. The Bertz CT molecular complexity index is 377. The molecule has 0 spiro atoms. The average Bonchev–Trinajstić information content (AvgIpc) is 2.29. The number of carbonyl (C=O) groups is 1. The van der Waals surface area contributed by atoms with Crippen LogP contribution in [0.25, 0.3) is 0 Å². The van der Waals surface area contributed by atoms with Gasteiger partial charge in [0.25, 0.3) is 5.91 Å². The largest absolute Gasteiger partial charge is 0.355 e. The first-order chi connectivity index (χ1) is 8.01. The molecule has 1 aromatic rings. The van der Waals surface area contributed by atoms with Gasteiger partial charge in [-0.15, -0.1) is 6.42 Å². The molecular formula is C13H19N3O. The summed E-state index contributed by atoms with van der Waals surface area (Å²) < 4.78 is 0. The SMILES string of the molecule is C#CCN(C)C.CNC(=O)c1ccc(C)nc1. The second-order valence-corrected chi connectivity index (χ2v) is 3.71. The Balaban J connectivity index is 0.000000366. The Morgan fingerprint density at radius 3 is 2.47 bits per heavy atom. The molecule has 0 saturated carbocycles. The Hall–Kier alpha value is -1.86. The third kappa shape index (κ3) is 7.09. The van der Waals surface area contributed by atoms with Crippen molar-refractivity contribution in [3.05, 3.63) is 29.6 Å². The molecule has 0 aliphatic rings. The van der Waals surface area contributed by atoms with Crippen LogP contribution in [0.2, 0.25) is 0 Å². The lowest BCUT2D eigenvalue weighted by molar-refractivity contribution is 0.0962. The number of aromatic nitrogens is 1. The fourth-order valence-electron chi connectivity index (χ4n) is 0.929. The van der Waals surface area contributed by atoms with Crippen LogP contribution >= 0.6 is 0 Å². The summed E-state index contributed by atoms with van der Waals surface area (Å²) in [5.41, 5.74) is 1.51. The minimum atomic E-state index is -0.0995. The molecule has 1 aromatic heterocycles. The zero-order chi connectivity index (χ0) is 13.3. The molecule has 0 saturated heterocycles. The number of hydrogen-bond donors (Lipinski definition) is 1. The monoisotopic (exact) mass is 233 g/mol. The van der Waals surface area contributed by atoms with E-state index >= 15 is 0 Å². The Labute approximate surface area is 103 Å². The number of nitrogens with one attached hydrogen (secondary N) is 1. The number of nitrogens with zero attached hydrogens (tertiary/aromatic N) is 2. The van der Waals surface area contributed by atoms with Crippen molar-refractivity contribution in [1.29, 1.82) is 0 Å². The lowest BCUT2D eigenvalue weighted by atomic mass is 10.2. The number of aryl methyl sites for hydroxylation is 1. The molecule has 0 aliphatic carbocycles. The molecule has 1 heterocycles. The highest BCUT2D eigenvalue weighted by molar-refractivity contribution is 5.93. The van der Waals surface area contributed by atoms with Crippen LogP contribution in [0.4, 0.5) is 0 Å². The first-order valence-corrected chi connectivity index (χ1v) is 5.24. The third-order valence-corrected chi connectivity index (χ3v) is 1.81. The molecule has 0 fully saturated rings. The zero-order valence-electron chi connectivity index (χ0n) is 10.8. The van der Waals surface area contributed by atoms with Crippen LogP contribution in [0.15, 0.2) is 18.3 Å². The van der Waals surface area contributed by atoms with Crippen molar-refractivity contribution in [2.24, 2.45) is 0 Å². The van der Waals surface area contributed by atoms with Gasteiger partial charge in [-0.05, 0) is 33.2 Å². The van der Waals surface area contributed by atoms with Gasteiger partial charge in [0.1, 0.15) is 0 Å². The minimum absolute atomic E-state index is 0.0995. The molecule has 0 atom stereocenters. The fourth-order valence-corrected chi connectivity index (χ4v) is 0.929. The predicted molar refractivity (Wildman–Crippen MR) is 69.8 cm³/mol. The van der Waals surface area contributed by atoms with Crippen LogP contribution in [0, 0.1) is 19.3 Å². The van der Waals surface area contributed by atoms with E-state index in [4.69, 9.17) is 6.42 Å². The Morgan fingerprint density at radius 2 is 2.18 bits per heavy atom. The van der Waals surface area contributed by atoms with Crippen molar-refractivity contribution in [2.75, 3.05) is 27.7 Å². The summed E-state index contributed by atoms with van der Waals surface area (Å²) in [6.45, 7) is 2.62. The maximum atomic E-state index is 11.0. The summed E-state index contributed by atoms with van der Waals surface area (Å²) in [6.07, 6.45) is 6.50. The molecule has 0 unspecified atom stereocenters. The van der Waals surface area contributed by atoms with Gasteiger partial charge in [0.05, 0.1) is 12.1 Å². The Morgan fingerprint density at radius 1 is 1.53 bits per heavy atom. The van der Waals surface area contributed by atoms with E-state index in [0.29, 0.717) is 5.56 Å². The van der Waals surface area contributed by atoms with E-state index in [1.807, 2.05) is 32.0 Å². The van der Waals surface area contributed by atoms with Crippen molar-refractivity contribution < 1.29 is 4.79 Å². The summed E-state index contributed by atoms with van der Waals surface area (Å²) in [7, 11) is 5.49. The summed E-state index contributed by atoms with van der Waals surface area (Å²) in [5.74, 6) is 2.39. The third-order valence-electron chi connectivity index (χ3n) is 1.81. The number of terminal acetylenes is 1. The summed E-state index contributed by atoms with van der Waals surface area (Å²) in [5, 5.41) is 2.52. The maximum absolute atomic E-state index is 11.0. The molecule has 1 amide bonds. The molecule has 17 heavy (non-hydrogen) atoms. The van der Waals surface area contributed by atoms with E-state index in [0.717, 1.165) is 12.2 Å². The molecule has 0 bridgehead atoms. The normalized spacial score (nSPS) is 8.94. The molecule has 1 N–H and O–H groups in total. The fraction of sp³-hybridized carbons (Fsp3) is 0.385. The van der Waals surface area contributed by atoms with E-state index in [1.165, 1.54) is 0 Å². The van der Waals surface area contributed by atoms with Gasteiger partial charge in [-0.3, -0.25) is 14.7 Å². The molecule has 0 aliphatic heterocycles. The van der Waals surface area contributed by atoms with Crippen molar-refractivity contribution in [1.82, 2.24) is 15.2 Å². The summed E-state index contributed by atoms with van der Waals surface area (Å²) in [6, 6.07) is 3.56. The zero-order valence-corrected chi connectivity index (χ0v) is 10.8. The van der Waals surface area contributed by atoms with Crippen molar-refractivity contribution in [3.63, 3.8) is 0 Å². The maximum Gasteiger partial charge on any atom is 0.252 e. The van der Waals surface area contributed by atoms with Crippen LogP contribution in [0.1, 0.15) is 16.1 Å². The lowest BCUT2D eigenvalue weighted by Crippen LogP contribution is -2.17. The smallest absolute Gasteiger partial charge is 0.252 e. The molecule has 1 rings (SSSR count). The highest BCUT2D eigenvalue weighted by Gasteiger charge is 2.00. The molecule has 4 heteroatoms. The number of carbonyl (C=O) groups excluding carboxylic acids is 1. The van der Waals surface area contributed by atoms with Crippen LogP contribution in [-0.2, 0) is 0 Å². The number of pyridine rings is 1. The van der Waals surface area contributed by atoms with Gasteiger partial charge in [-0.25, -0.2) is 0 Å². The highest BCUT2D eigenvalue weighted by atomic mass is 16.1. The van der Waals surface area contributed by atoms with Gasteiger partial charge in [0.2, 0.25) is 0 Å². The van der Waals surface area contributed by atoms with Gasteiger partial charge < -0.3 is 5.32 Å². The average molecular weight is 233 g/mol. The molecule has 92 valence electrons. The summed E-state index contributed by atoms with van der Waals surface area (Å²) in [4.78, 5) is 16.9. The topological polar surface area (TPSA) is 45.2 Å². The number of hydrogen-bond acceptors (Lipinski definition) is 3. The van der Waals surface area contributed by atoms with Crippen LogP contribution < -0.4 is 5.32 Å². The van der Waals surface area contributed by atoms with Gasteiger partial charge in [0.15, 0.2) is 0 Å². The van der Waals surface area contributed by atoms with E-state index in [9.17, 15) is 4.79 Å². The van der Waals surface area contributed by atoms with Crippen molar-refractivity contribution in [2.45, 2.75) is 6.92 Å². The van der Waals surface area contributed by atoms with E-state index in [2.05, 4.69) is 16.2 Å². The first-order valence-electron chi connectivity index (χ1n) is 5.24. The van der Waals surface area contributed by atoms with Crippen LogP contribution in [0.5, 0.6) is 0 Å². The van der Waals surface area contributed by atoms with E-state index in [-0.39, 0.29) is 5.91 Å². The van der Waals surface area contributed by atoms with Crippen molar-refractivity contribution >= 4 is 5.91 Å². The van der Waals surface area contributed by atoms with E-state index < -0.39 is 0 Å². The van der Waals surface area contributed by atoms with Gasteiger partial charge in [0, 0.05) is 18.9 Å². The van der Waals surface area contributed by atoms with Crippen molar-refractivity contribution in [3.8, 4) is 12.3 Å². The summed E-state index contributed by atoms with van der Waals surface area (Å²) >= 11 is 0. The quantitative estimate of drug-likeness (QED) is 0.773. The second kappa shape index (κ2) is 8.31. The first kappa shape index (κ1) is 15.1. The molecule has 0 aromatic carbocycles. The number of rotatable bonds is 2. The standard InChI is InChI=1S/C8H10N2O.C5H9N/c1-6-3-4-7(5-10-6)8(11)9-2;1-4-5-6(2)3/h3-5H,1-2H3,(H,9,11);1H,5H2,2-3H3. The van der Waals surface area contributed by atoms with Gasteiger partial charge >= 0.3 is 0 Å². The van der Waals surface area contributed by atoms with Crippen LogP contribution in [-0.4, -0.2) is 43.5 Å². The molecule has 4 nitrogen and oxygen atoms in total. The van der Waals surface area contributed by atoms with E-state index in [1.54, 1.807) is 19.3 Å². The van der Waals surface area contributed by atoms with Crippen LogP contribution in [0.3, 0.4) is 0 Å².